The third-order valence-electron chi connectivity index (χ3n) is 2.84. The minimum Gasteiger partial charge on any atom is -0.396 e. The van der Waals surface area contributed by atoms with E-state index < -0.39 is 0 Å². The second-order valence-electron chi connectivity index (χ2n) is 4.17. The average Bonchev–Trinajstić information content (AvgIpc) is 2.84. The second kappa shape index (κ2) is 5.16. The Bertz CT molecular complexity index is 292. The fourth-order valence-electron chi connectivity index (χ4n) is 2.03. The summed E-state index contributed by atoms with van der Waals surface area (Å²) in [7, 11) is 0. The van der Waals surface area contributed by atoms with E-state index in [1.165, 1.54) is 25.7 Å². The molecule has 1 fully saturated rings. The molecule has 0 atom stereocenters. The zero-order chi connectivity index (χ0) is 10.5. The first kappa shape index (κ1) is 10.5. The third-order valence-corrected chi connectivity index (χ3v) is 2.84. The van der Waals surface area contributed by atoms with E-state index in [1.54, 1.807) is 6.20 Å². The highest BCUT2D eigenvalue weighted by molar-refractivity contribution is 5.30. The molecule has 0 amide bonds. The van der Waals surface area contributed by atoms with Gasteiger partial charge in [-0.3, -0.25) is 4.68 Å². The smallest absolute Gasteiger partial charge is 0.0719 e. The number of nitrogen functional groups attached to an aromatic ring is 1. The minimum absolute atomic E-state index is 0.521. The van der Waals surface area contributed by atoms with Crippen molar-refractivity contribution in [3.05, 3.63) is 12.4 Å². The van der Waals surface area contributed by atoms with Gasteiger partial charge < -0.3 is 10.5 Å². The molecule has 1 saturated carbocycles. The predicted octanol–water partition coefficient (Wildman–Crippen LogP) is 1.81. The van der Waals surface area contributed by atoms with Crippen molar-refractivity contribution in [2.24, 2.45) is 0 Å². The number of rotatable bonds is 5. The van der Waals surface area contributed by atoms with Crippen molar-refractivity contribution < 1.29 is 4.74 Å². The molecule has 15 heavy (non-hydrogen) atoms. The summed E-state index contributed by atoms with van der Waals surface area (Å²) >= 11 is 0. The van der Waals surface area contributed by atoms with Crippen LogP contribution in [0.3, 0.4) is 0 Å². The number of ether oxygens (including phenoxy) is 1. The molecule has 0 spiro atoms. The standard InChI is InChI=1S/C11H19N3O/c12-10-8-13-14(9-10)6-3-7-15-11-4-1-2-5-11/h8-9,11H,1-7,12H2. The molecule has 0 bridgehead atoms. The van der Waals surface area contributed by atoms with Crippen molar-refractivity contribution in [1.82, 2.24) is 9.78 Å². The molecule has 2 N–H and O–H groups in total. The number of hydrogen-bond donors (Lipinski definition) is 1. The molecule has 1 aliphatic carbocycles. The molecule has 1 aromatic heterocycles. The fraction of sp³-hybridized carbons (Fsp3) is 0.727. The lowest BCUT2D eigenvalue weighted by Gasteiger charge is -2.10. The molecule has 0 unspecified atom stereocenters. The zero-order valence-electron chi connectivity index (χ0n) is 9.06. The number of anilines is 1. The van der Waals surface area contributed by atoms with Crippen molar-refractivity contribution in [2.75, 3.05) is 12.3 Å². The molecule has 2 rings (SSSR count). The van der Waals surface area contributed by atoms with Crippen molar-refractivity contribution >= 4 is 5.69 Å². The van der Waals surface area contributed by atoms with E-state index in [0.29, 0.717) is 6.10 Å². The van der Waals surface area contributed by atoms with Crippen LogP contribution in [0.5, 0.6) is 0 Å². The van der Waals surface area contributed by atoms with Gasteiger partial charge in [-0.05, 0) is 19.3 Å². The Morgan fingerprint density at radius 1 is 1.47 bits per heavy atom. The molecule has 0 saturated heterocycles. The molecule has 0 aromatic carbocycles. The SMILES string of the molecule is Nc1cnn(CCCOC2CCCC2)c1. The Hall–Kier alpha value is -1.03. The summed E-state index contributed by atoms with van der Waals surface area (Å²) in [4.78, 5) is 0. The summed E-state index contributed by atoms with van der Waals surface area (Å²) in [6.45, 7) is 1.73. The van der Waals surface area contributed by atoms with Crippen LogP contribution in [0.15, 0.2) is 12.4 Å². The van der Waals surface area contributed by atoms with Crippen LogP contribution < -0.4 is 5.73 Å². The van der Waals surface area contributed by atoms with Gasteiger partial charge in [0.1, 0.15) is 0 Å². The van der Waals surface area contributed by atoms with E-state index in [0.717, 1.165) is 25.3 Å². The number of aromatic nitrogens is 2. The maximum atomic E-state index is 5.76. The Kier molecular flexibility index (Phi) is 3.61. The van der Waals surface area contributed by atoms with Crippen LogP contribution in [-0.4, -0.2) is 22.5 Å². The van der Waals surface area contributed by atoms with Gasteiger partial charge in [-0.2, -0.15) is 5.10 Å². The quantitative estimate of drug-likeness (QED) is 0.752. The maximum Gasteiger partial charge on any atom is 0.0719 e. The highest BCUT2D eigenvalue weighted by Crippen LogP contribution is 2.20. The molecule has 1 aliphatic rings. The Balaban J connectivity index is 1.58. The van der Waals surface area contributed by atoms with Crippen molar-refractivity contribution in [2.45, 2.75) is 44.8 Å². The van der Waals surface area contributed by atoms with Crippen LogP contribution in [0.25, 0.3) is 0 Å². The summed E-state index contributed by atoms with van der Waals surface area (Å²) in [5.41, 5.74) is 6.30. The van der Waals surface area contributed by atoms with E-state index in [4.69, 9.17) is 10.5 Å². The number of aryl methyl sites for hydroxylation is 1. The van der Waals surface area contributed by atoms with Gasteiger partial charge in [0.05, 0.1) is 18.0 Å². The van der Waals surface area contributed by atoms with Crippen LogP contribution in [0, 0.1) is 0 Å². The van der Waals surface area contributed by atoms with E-state index in [1.807, 2.05) is 10.9 Å². The van der Waals surface area contributed by atoms with E-state index >= 15 is 0 Å². The summed E-state index contributed by atoms with van der Waals surface area (Å²) in [5.74, 6) is 0. The van der Waals surface area contributed by atoms with Gasteiger partial charge in [-0.15, -0.1) is 0 Å². The highest BCUT2D eigenvalue weighted by atomic mass is 16.5. The molecule has 0 radical (unpaired) electrons. The lowest BCUT2D eigenvalue weighted by atomic mass is 10.3. The summed E-state index contributed by atoms with van der Waals surface area (Å²) in [6, 6.07) is 0. The average molecular weight is 209 g/mol. The molecule has 84 valence electrons. The lowest BCUT2D eigenvalue weighted by molar-refractivity contribution is 0.0545. The maximum absolute atomic E-state index is 5.76. The first-order valence-corrected chi connectivity index (χ1v) is 5.74. The fourth-order valence-corrected chi connectivity index (χ4v) is 2.03. The Morgan fingerprint density at radius 2 is 2.27 bits per heavy atom. The second-order valence-corrected chi connectivity index (χ2v) is 4.17. The van der Waals surface area contributed by atoms with Crippen molar-refractivity contribution in [3.63, 3.8) is 0 Å². The van der Waals surface area contributed by atoms with Gasteiger partial charge in [-0.1, -0.05) is 12.8 Å². The molecular formula is C11H19N3O. The molecule has 0 aliphatic heterocycles. The minimum atomic E-state index is 0.521. The molecule has 1 heterocycles. The van der Waals surface area contributed by atoms with E-state index in [-0.39, 0.29) is 0 Å². The molecule has 1 aromatic rings. The van der Waals surface area contributed by atoms with Gasteiger partial charge in [0.25, 0.3) is 0 Å². The largest absolute Gasteiger partial charge is 0.396 e. The lowest BCUT2D eigenvalue weighted by Crippen LogP contribution is -2.10. The monoisotopic (exact) mass is 209 g/mol. The summed E-state index contributed by atoms with van der Waals surface area (Å²) in [5, 5.41) is 4.12. The summed E-state index contributed by atoms with van der Waals surface area (Å²) in [6.07, 6.45) is 10.2. The normalized spacial score (nSPS) is 17.3. The van der Waals surface area contributed by atoms with Gasteiger partial charge >= 0.3 is 0 Å². The van der Waals surface area contributed by atoms with Crippen LogP contribution in [0.1, 0.15) is 32.1 Å². The number of hydrogen-bond acceptors (Lipinski definition) is 3. The Labute approximate surface area is 90.4 Å². The first-order valence-electron chi connectivity index (χ1n) is 5.74. The van der Waals surface area contributed by atoms with Crippen molar-refractivity contribution in [1.29, 1.82) is 0 Å². The third kappa shape index (κ3) is 3.23. The molecule has 4 heteroatoms. The Morgan fingerprint density at radius 3 is 2.93 bits per heavy atom. The number of nitrogens with two attached hydrogens (primary N) is 1. The van der Waals surface area contributed by atoms with E-state index in [2.05, 4.69) is 5.10 Å². The topological polar surface area (TPSA) is 53.1 Å². The molecule has 4 nitrogen and oxygen atoms in total. The van der Waals surface area contributed by atoms with Gasteiger partial charge in [0.2, 0.25) is 0 Å². The highest BCUT2D eigenvalue weighted by Gasteiger charge is 2.14. The summed E-state index contributed by atoms with van der Waals surface area (Å²) < 4.78 is 7.63. The predicted molar refractivity (Wildman–Crippen MR) is 59.5 cm³/mol. The van der Waals surface area contributed by atoms with Gasteiger partial charge in [-0.25, -0.2) is 0 Å². The van der Waals surface area contributed by atoms with Crippen LogP contribution in [0.4, 0.5) is 5.69 Å². The zero-order valence-corrected chi connectivity index (χ0v) is 9.06. The van der Waals surface area contributed by atoms with Gasteiger partial charge in [0, 0.05) is 19.3 Å². The van der Waals surface area contributed by atoms with Crippen LogP contribution >= 0.6 is 0 Å². The van der Waals surface area contributed by atoms with Crippen LogP contribution in [0.2, 0.25) is 0 Å². The first-order chi connectivity index (χ1) is 7.34. The van der Waals surface area contributed by atoms with Crippen LogP contribution in [-0.2, 0) is 11.3 Å². The number of nitrogens with zero attached hydrogens (tertiary/aromatic N) is 2. The van der Waals surface area contributed by atoms with E-state index in [9.17, 15) is 0 Å². The van der Waals surface area contributed by atoms with Crippen molar-refractivity contribution in [3.8, 4) is 0 Å². The molecular weight excluding hydrogens is 190 g/mol. The van der Waals surface area contributed by atoms with Gasteiger partial charge in [0.15, 0.2) is 0 Å².